The first-order valence-electron chi connectivity index (χ1n) is 8.82. The van der Waals surface area contributed by atoms with Crippen LogP contribution in [0.4, 0.5) is 0 Å². The van der Waals surface area contributed by atoms with Crippen molar-refractivity contribution < 1.29 is 14.3 Å². The summed E-state index contributed by atoms with van der Waals surface area (Å²) < 4.78 is 12.4. The largest absolute Gasteiger partial charge is 0.490 e. The summed E-state index contributed by atoms with van der Waals surface area (Å²) in [5.41, 5.74) is 1.12. The summed E-state index contributed by atoms with van der Waals surface area (Å²) in [5.74, 6) is 2.13. The second kappa shape index (κ2) is 7.84. The topological polar surface area (TPSA) is 64.6 Å². The Bertz CT molecular complexity index is 796. The Kier molecular flexibility index (Phi) is 5.31. The van der Waals surface area contributed by atoms with E-state index in [1.165, 1.54) is 23.1 Å². The van der Waals surface area contributed by atoms with E-state index in [4.69, 9.17) is 9.47 Å². The molecule has 138 valence electrons. The van der Waals surface area contributed by atoms with Crippen molar-refractivity contribution in [3.63, 3.8) is 0 Å². The summed E-state index contributed by atoms with van der Waals surface area (Å²) >= 11 is 2.99. The van der Waals surface area contributed by atoms with E-state index in [1.54, 1.807) is 0 Å². The van der Waals surface area contributed by atoms with E-state index in [0.29, 0.717) is 19.0 Å². The van der Waals surface area contributed by atoms with E-state index in [2.05, 4.69) is 16.3 Å². The van der Waals surface area contributed by atoms with Gasteiger partial charge in [-0.2, -0.15) is 0 Å². The van der Waals surface area contributed by atoms with Crippen LogP contribution < -0.4 is 9.47 Å². The molecule has 0 aliphatic carbocycles. The number of aromatic nitrogens is 2. The number of aryl methyl sites for hydroxylation is 1. The summed E-state index contributed by atoms with van der Waals surface area (Å²) in [6.45, 7) is 4.07. The number of fused-ring (bicyclic) bond motifs is 1. The van der Waals surface area contributed by atoms with Gasteiger partial charge < -0.3 is 14.4 Å². The number of hydrogen-bond acceptors (Lipinski definition) is 7. The molecule has 0 unspecified atom stereocenters. The number of rotatable bonds is 4. The SMILES string of the molecule is Cc1nnc(SCC(=O)N2CCC[C@@H]2c2ccc3c(c2)OCCCO3)s1. The quantitative estimate of drug-likeness (QED) is 0.744. The van der Waals surface area contributed by atoms with Crippen LogP contribution in [0.5, 0.6) is 11.5 Å². The van der Waals surface area contributed by atoms with Crippen molar-refractivity contribution in [3.05, 3.63) is 28.8 Å². The number of benzene rings is 1. The summed E-state index contributed by atoms with van der Waals surface area (Å²) in [5, 5.41) is 9.00. The van der Waals surface area contributed by atoms with Crippen molar-refractivity contribution in [2.24, 2.45) is 0 Å². The third kappa shape index (κ3) is 3.81. The smallest absolute Gasteiger partial charge is 0.233 e. The zero-order chi connectivity index (χ0) is 17.9. The normalized spacial score (nSPS) is 19.4. The molecule has 1 saturated heterocycles. The average Bonchev–Trinajstić information content (AvgIpc) is 3.23. The maximum absolute atomic E-state index is 12.8. The first-order chi connectivity index (χ1) is 12.7. The standard InChI is InChI=1S/C18H21N3O3S2/c1-12-19-20-18(26-12)25-11-17(22)21-7-2-4-14(21)13-5-6-15-16(10-13)24-9-3-8-23-15/h5-6,10,14H,2-4,7-9,11H2,1H3/t14-/m1/s1. The highest BCUT2D eigenvalue weighted by Crippen LogP contribution is 2.38. The minimum absolute atomic E-state index is 0.108. The monoisotopic (exact) mass is 391 g/mol. The Morgan fingerprint density at radius 1 is 1.27 bits per heavy atom. The lowest BCUT2D eigenvalue weighted by molar-refractivity contribution is -0.129. The van der Waals surface area contributed by atoms with E-state index in [1.807, 2.05) is 24.0 Å². The molecule has 2 aromatic rings. The third-order valence-electron chi connectivity index (χ3n) is 4.56. The van der Waals surface area contributed by atoms with Crippen LogP contribution in [0.1, 0.15) is 35.9 Å². The van der Waals surface area contributed by atoms with E-state index in [-0.39, 0.29) is 11.9 Å². The molecule has 0 saturated carbocycles. The lowest BCUT2D eigenvalue weighted by Gasteiger charge is -2.25. The molecular formula is C18H21N3O3S2. The molecule has 2 aliphatic rings. The lowest BCUT2D eigenvalue weighted by Crippen LogP contribution is -2.32. The minimum Gasteiger partial charge on any atom is -0.490 e. The Hall–Kier alpha value is -1.80. The van der Waals surface area contributed by atoms with Crippen LogP contribution in [0.15, 0.2) is 22.5 Å². The van der Waals surface area contributed by atoms with Gasteiger partial charge in [0.1, 0.15) is 5.01 Å². The molecule has 26 heavy (non-hydrogen) atoms. The fourth-order valence-corrected chi connectivity index (χ4v) is 5.04. The number of amides is 1. The lowest BCUT2D eigenvalue weighted by atomic mass is 10.0. The highest BCUT2D eigenvalue weighted by molar-refractivity contribution is 8.01. The molecule has 3 heterocycles. The van der Waals surface area contributed by atoms with Crippen molar-refractivity contribution in [3.8, 4) is 11.5 Å². The van der Waals surface area contributed by atoms with Crippen LogP contribution in [0, 0.1) is 6.92 Å². The second-order valence-electron chi connectivity index (χ2n) is 6.38. The minimum atomic E-state index is 0.108. The van der Waals surface area contributed by atoms with Crippen molar-refractivity contribution in [2.75, 3.05) is 25.5 Å². The highest BCUT2D eigenvalue weighted by Gasteiger charge is 2.30. The Labute approximate surface area is 160 Å². The van der Waals surface area contributed by atoms with Gasteiger partial charge in [-0.05, 0) is 37.5 Å². The Morgan fingerprint density at radius 2 is 2.12 bits per heavy atom. The van der Waals surface area contributed by atoms with Crippen LogP contribution in [0.2, 0.25) is 0 Å². The maximum atomic E-state index is 12.8. The molecule has 1 fully saturated rings. The summed E-state index contributed by atoms with van der Waals surface area (Å²) in [6.07, 6.45) is 2.89. The van der Waals surface area contributed by atoms with Gasteiger partial charge >= 0.3 is 0 Å². The molecular weight excluding hydrogens is 370 g/mol. The van der Waals surface area contributed by atoms with Crippen molar-refractivity contribution in [2.45, 2.75) is 36.6 Å². The van der Waals surface area contributed by atoms with Crippen LogP contribution in [-0.4, -0.2) is 46.5 Å². The predicted molar refractivity (Wildman–Crippen MR) is 101 cm³/mol. The number of ether oxygens (including phenoxy) is 2. The van der Waals surface area contributed by atoms with Crippen LogP contribution >= 0.6 is 23.1 Å². The van der Waals surface area contributed by atoms with Gasteiger partial charge in [0.05, 0.1) is 25.0 Å². The maximum Gasteiger partial charge on any atom is 0.233 e. The van der Waals surface area contributed by atoms with Crippen LogP contribution in [-0.2, 0) is 4.79 Å². The molecule has 1 atom stereocenters. The average molecular weight is 392 g/mol. The number of nitrogens with zero attached hydrogens (tertiary/aromatic N) is 3. The Balaban J connectivity index is 1.45. The van der Waals surface area contributed by atoms with Gasteiger partial charge in [0.2, 0.25) is 5.91 Å². The third-order valence-corrected chi connectivity index (χ3v) is 6.51. The molecule has 2 aliphatic heterocycles. The van der Waals surface area contributed by atoms with Gasteiger partial charge in [-0.15, -0.1) is 10.2 Å². The molecule has 8 heteroatoms. The molecule has 0 N–H and O–H groups in total. The zero-order valence-corrected chi connectivity index (χ0v) is 16.3. The molecule has 1 aromatic heterocycles. The fraction of sp³-hybridized carbons (Fsp3) is 0.500. The van der Waals surface area contributed by atoms with E-state index in [0.717, 1.165) is 52.2 Å². The fourth-order valence-electron chi connectivity index (χ4n) is 3.34. The summed E-state index contributed by atoms with van der Waals surface area (Å²) in [6, 6.07) is 6.18. The van der Waals surface area contributed by atoms with Gasteiger partial charge in [-0.1, -0.05) is 29.2 Å². The Morgan fingerprint density at radius 3 is 2.92 bits per heavy atom. The van der Waals surface area contributed by atoms with E-state index < -0.39 is 0 Å². The number of hydrogen-bond donors (Lipinski definition) is 0. The van der Waals surface area contributed by atoms with Crippen molar-refractivity contribution in [1.29, 1.82) is 0 Å². The number of carbonyl (C=O) groups excluding carboxylic acids is 1. The first kappa shape index (κ1) is 17.6. The highest BCUT2D eigenvalue weighted by atomic mass is 32.2. The first-order valence-corrected chi connectivity index (χ1v) is 10.6. The van der Waals surface area contributed by atoms with Crippen molar-refractivity contribution in [1.82, 2.24) is 15.1 Å². The molecule has 0 spiro atoms. The molecule has 6 nitrogen and oxygen atoms in total. The van der Waals surface area contributed by atoms with E-state index in [9.17, 15) is 4.79 Å². The number of carbonyl (C=O) groups is 1. The predicted octanol–water partition coefficient (Wildman–Crippen LogP) is 3.46. The molecule has 4 rings (SSSR count). The molecule has 1 amide bonds. The summed E-state index contributed by atoms with van der Waals surface area (Å²) in [7, 11) is 0. The summed E-state index contributed by atoms with van der Waals surface area (Å²) in [4.78, 5) is 14.7. The van der Waals surface area contributed by atoms with Gasteiger partial charge in [0.15, 0.2) is 15.8 Å². The van der Waals surface area contributed by atoms with Crippen LogP contribution in [0.3, 0.4) is 0 Å². The van der Waals surface area contributed by atoms with E-state index >= 15 is 0 Å². The second-order valence-corrected chi connectivity index (χ2v) is 8.78. The molecule has 1 aromatic carbocycles. The van der Waals surface area contributed by atoms with Gasteiger partial charge in [0.25, 0.3) is 0 Å². The van der Waals surface area contributed by atoms with Gasteiger partial charge in [0, 0.05) is 13.0 Å². The zero-order valence-electron chi connectivity index (χ0n) is 14.6. The van der Waals surface area contributed by atoms with Gasteiger partial charge in [-0.3, -0.25) is 4.79 Å². The molecule has 0 radical (unpaired) electrons. The number of likely N-dealkylation sites (tertiary alicyclic amines) is 1. The van der Waals surface area contributed by atoms with Crippen molar-refractivity contribution >= 4 is 29.0 Å². The number of thioether (sulfide) groups is 1. The molecule has 0 bridgehead atoms. The van der Waals surface area contributed by atoms with Gasteiger partial charge in [-0.25, -0.2) is 0 Å². The van der Waals surface area contributed by atoms with Crippen LogP contribution in [0.25, 0.3) is 0 Å².